The van der Waals surface area contributed by atoms with E-state index in [0.717, 1.165) is 16.4 Å². The van der Waals surface area contributed by atoms with E-state index in [2.05, 4.69) is 0 Å². The average Bonchev–Trinajstić information content (AvgIpc) is 2.73. The Balaban J connectivity index is 1.56. The van der Waals surface area contributed by atoms with Gasteiger partial charge in [0, 0.05) is 29.7 Å². The molecule has 0 aliphatic carbocycles. The Morgan fingerprint density at radius 1 is 1.03 bits per heavy atom. The van der Waals surface area contributed by atoms with Gasteiger partial charge >= 0.3 is 12.3 Å². The molecule has 2 aliphatic rings. The number of benzene rings is 2. The van der Waals surface area contributed by atoms with Crippen LogP contribution in [0.5, 0.6) is 0 Å². The van der Waals surface area contributed by atoms with Gasteiger partial charge in [-0.25, -0.2) is 13.2 Å². The van der Waals surface area contributed by atoms with Crippen LogP contribution >= 0.6 is 23.2 Å². The van der Waals surface area contributed by atoms with Crippen molar-refractivity contribution >= 4 is 45.0 Å². The molecule has 2 heterocycles. The number of ether oxygens (including phenoxy) is 1. The standard InChI is InChI=1S/C20H17Cl2F3N2O4S/c21-15-2-1-3-17-14(15)11-31-19(28)27(17)13-6-8-26(9-7-13)32(29,30)18-10-12(20(23,24)25)4-5-16(18)22/h1-5,10,13H,6-9,11H2. The van der Waals surface area contributed by atoms with Crippen molar-refractivity contribution in [3.8, 4) is 0 Å². The number of anilines is 1. The monoisotopic (exact) mass is 508 g/mol. The number of nitrogens with zero attached hydrogens (tertiary/aromatic N) is 2. The summed E-state index contributed by atoms with van der Waals surface area (Å²) in [5, 5.41) is 0.169. The van der Waals surface area contributed by atoms with Gasteiger partial charge in [0.1, 0.15) is 11.5 Å². The molecule has 2 aromatic rings. The molecule has 0 spiro atoms. The second-order valence-corrected chi connectivity index (χ2v) is 10.2. The minimum absolute atomic E-state index is 0.000741. The maximum atomic E-state index is 13.1. The number of sulfonamides is 1. The van der Waals surface area contributed by atoms with Gasteiger partial charge in [-0.3, -0.25) is 4.90 Å². The lowest BCUT2D eigenvalue weighted by molar-refractivity contribution is -0.137. The zero-order chi connectivity index (χ0) is 23.3. The summed E-state index contributed by atoms with van der Waals surface area (Å²) in [5.41, 5.74) is 0.176. The lowest BCUT2D eigenvalue weighted by Crippen LogP contribution is -2.50. The van der Waals surface area contributed by atoms with E-state index >= 15 is 0 Å². The zero-order valence-electron chi connectivity index (χ0n) is 16.4. The summed E-state index contributed by atoms with van der Waals surface area (Å²) in [5.74, 6) is 0. The first-order valence-electron chi connectivity index (χ1n) is 9.60. The Morgan fingerprint density at radius 3 is 2.38 bits per heavy atom. The smallest absolute Gasteiger partial charge is 0.416 e. The van der Waals surface area contributed by atoms with Gasteiger partial charge in [0.25, 0.3) is 0 Å². The van der Waals surface area contributed by atoms with E-state index in [9.17, 15) is 26.4 Å². The zero-order valence-corrected chi connectivity index (χ0v) is 18.7. The van der Waals surface area contributed by atoms with Crippen molar-refractivity contribution < 1.29 is 31.1 Å². The van der Waals surface area contributed by atoms with E-state index in [1.165, 1.54) is 4.90 Å². The molecule has 0 atom stereocenters. The molecule has 2 aromatic carbocycles. The summed E-state index contributed by atoms with van der Waals surface area (Å²) >= 11 is 12.1. The molecule has 1 amide bonds. The van der Waals surface area contributed by atoms with Crippen LogP contribution < -0.4 is 4.90 Å². The van der Waals surface area contributed by atoms with Crippen LogP contribution in [-0.2, 0) is 27.5 Å². The molecule has 0 radical (unpaired) electrons. The van der Waals surface area contributed by atoms with Gasteiger partial charge in [-0.05, 0) is 43.2 Å². The predicted molar refractivity (Wildman–Crippen MR) is 112 cm³/mol. The second-order valence-electron chi connectivity index (χ2n) is 7.44. The molecule has 0 aromatic heterocycles. The molecule has 1 saturated heterocycles. The molecule has 0 unspecified atom stereocenters. The van der Waals surface area contributed by atoms with Gasteiger partial charge < -0.3 is 4.74 Å². The number of fused-ring (bicyclic) bond motifs is 1. The van der Waals surface area contributed by atoms with Gasteiger partial charge in [0.05, 0.1) is 16.3 Å². The summed E-state index contributed by atoms with van der Waals surface area (Å²) in [6.45, 7) is 0.0458. The first-order valence-corrected chi connectivity index (χ1v) is 11.8. The highest BCUT2D eigenvalue weighted by Crippen LogP contribution is 2.38. The SMILES string of the molecule is O=C1OCc2c(Cl)cccc2N1C1CCN(S(=O)(=O)c2cc(C(F)(F)F)ccc2Cl)CC1. The van der Waals surface area contributed by atoms with Crippen molar-refractivity contribution in [2.45, 2.75) is 36.6 Å². The topological polar surface area (TPSA) is 66.9 Å². The number of hydrogen-bond donors (Lipinski definition) is 0. The number of amides is 1. The largest absolute Gasteiger partial charge is 0.444 e. The first kappa shape index (κ1) is 23.2. The Labute approximate surface area is 192 Å². The highest BCUT2D eigenvalue weighted by Gasteiger charge is 2.39. The molecule has 4 rings (SSSR count). The molecule has 172 valence electrons. The normalized spacial score (nSPS) is 18.4. The Morgan fingerprint density at radius 2 is 1.72 bits per heavy atom. The van der Waals surface area contributed by atoms with Gasteiger partial charge in [-0.1, -0.05) is 29.3 Å². The van der Waals surface area contributed by atoms with E-state index in [1.807, 2.05) is 0 Å². The van der Waals surface area contributed by atoms with E-state index in [0.29, 0.717) is 22.3 Å². The van der Waals surface area contributed by atoms with E-state index in [4.69, 9.17) is 27.9 Å². The molecular formula is C20H17Cl2F3N2O4S. The van der Waals surface area contributed by atoms with Crippen LogP contribution in [0.4, 0.5) is 23.7 Å². The fourth-order valence-corrected chi connectivity index (χ4v) is 6.11. The molecule has 12 heteroatoms. The summed E-state index contributed by atoms with van der Waals surface area (Å²) < 4.78 is 71.6. The summed E-state index contributed by atoms with van der Waals surface area (Å²) in [4.78, 5) is 13.3. The minimum Gasteiger partial charge on any atom is -0.444 e. The van der Waals surface area contributed by atoms with Crippen LogP contribution in [0.2, 0.25) is 10.0 Å². The van der Waals surface area contributed by atoms with Crippen LogP contribution in [0, 0.1) is 0 Å². The van der Waals surface area contributed by atoms with Crippen molar-refractivity contribution in [2.24, 2.45) is 0 Å². The quantitative estimate of drug-likeness (QED) is 0.562. The Kier molecular flexibility index (Phi) is 6.08. The number of piperidine rings is 1. The number of alkyl halides is 3. The number of rotatable bonds is 3. The van der Waals surface area contributed by atoms with Crippen molar-refractivity contribution in [2.75, 3.05) is 18.0 Å². The highest BCUT2D eigenvalue weighted by atomic mass is 35.5. The fourth-order valence-electron chi connectivity index (χ4n) is 3.92. The predicted octanol–water partition coefficient (Wildman–Crippen LogP) is 5.32. The third-order valence-corrected chi connectivity index (χ3v) is 8.29. The lowest BCUT2D eigenvalue weighted by Gasteiger charge is -2.40. The molecule has 32 heavy (non-hydrogen) atoms. The third kappa shape index (κ3) is 4.16. The summed E-state index contributed by atoms with van der Waals surface area (Å²) in [7, 11) is -4.26. The van der Waals surface area contributed by atoms with Crippen molar-refractivity contribution in [3.63, 3.8) is 0 Å². The molecule has 0 saturated carbocycles. The van der Waals surface area contributed by atoms with Crippen LogP contribution in [0.3, 0.4) is 0 Å². The summed E-state index contributed by atoms with van der Waals surface area (Å²) in [6, 6.07) is 6.99. The van der Waals surface area contributed by atoms with Crippen molar-refractivity contribution in [1.82, 2.24) is 4.31 Å². The van der Waals surface area contributed by atoms with E-state index < -0.39 is 32.8 Å². The molecule has 1 fully saturated rings. The summed E-state index contributed by atoms with van der Waals surface area (Å²) in [6.07, 6.45) is -4.74. The second kappa shape index (κ2) is 8.40. The molecule has 2 aliphatic heterocycles. The van der Waals surface area contributed by atoms with Crippen LogP contribution in [-0.4, -0.2) is 37.9 Å². The minimum atomic E-state index is -4.70. The maximum Gasteiger partial charge on any atom is 0.416 e. The van der Waals surface area contributed by atoms with Crippen LogP contribution in [0.15, 0.2) is 41.3 Å². The lowest BCUT2D eigenvalue weighted by atomic mass is 10.0. The molecular weight excluding hydrogens is 492 g/mol. The van der Waals surface area contributed by atoms with Gasteiger partial charge in [0.15, 0.2) is 0 Å². The van der Waals surface area contributed by atoms with Crippen LogP contribution in [0.25, 0.3) is 0 Å². The van der Waals surface area contributed by atoms with Crippen LogP contribution in [0.1, 0.15) is 24.0 Å². The number of halogens is 5. The number of carbonyl (C=O) groups is 1. The molecule has 6 nitrogen and oxygen atoms in total. The molecule has 0 N–H and O–H groups in total. The first-order chi connectivity index (χ1) is 15.0. The van der Waals surface area contributed by atoms with Crippen molar-refractivity contribution in [1.29, 1.82) is 0 Å². The molecule has 0 bridgehead atoms. The van der Waals surface area contributed by atoms with E-state index in [1.54, 1.807) is 18.2 Å². The fraction of sp³-hybridized carbons (Fsp3) is 0.350. The van der Waals surface area contributed by atoms with Gasteiger partial charge in [-0.15, -0.1) is 0 Å². The Bertz CT molecular complexity index is 1170. The maximum absolute atomic E-state index is 13.1. The van der Waals surface area contributed by atoms with E-state index in [-0.39, 0.29) is 43.6 Å². The van der Waals surface area contributed by atoms with Gasteiger partial charge in [0.2, 0.25) is 10.0 Å². The van der Waals surface area contributed by atoms with Crippen molar-refractivity contribution in [3.05, 3.63) is 57.6 Å². The third-order valence-electron chi connectivity index (χ3n) is 5.56. The highest BCUT2D eigenvalue weighted by molar-refractivity contribution is 7.89. The average molecular weight is 509 g/mol. The Hall–Kier alpha value is -2.01. The number of cyclic esters (lactones) is 1. The number of hydrogen-bond acceptors (Lipinski definition) is 4. The van der Waals surface area contributed by atoms with Gasteiger partial charge in [-0.2, -0.15) is 17.5 Å². The number of carbonyl (C=O) groups excluding carboxylic acids is 1.